The summed E-state index contributed by atoms with van der Waals surface area (Å²) in [5, 5.41) is 4.95. The third-order valence-corrected chi connectivity index (χ3v) is 3.24. The van der Waals surface area contributed by atoms with Gasteiger partial charge >= 0.3 is 6.03 Å². The van der Waals surface area contributed by atoms with Gasteiger partial charge in [0.2, 0.25) is 0 Å². The second-order valence-corrected chi connectivity index (χ2v) is 4.24. The lowest BCUT2D eigenvalue weighted by atomic mass is 9.82. The summed E-state index contributed by atoms with van der Waals surface area (Å²) in [6.45, 7) is 3.67. The molecule has 4 heteroatoms. The topological polar surface area (TPSA) is 58.2 Å². The number of imide groups is 1. The molecule has 2 atom stereocenters. The summed E-state index contributed by atoms with van der Waals surface area (Å²) < 4.78 is 0. The zero-order chi connectivity index (χ0) is 11.8. The summed E-state index contributed by atoms with van der Waals surface area (Å²) in [6.07, 6.45) is 0. The van der Waals surface area contributed by atoms with Gasteiger partial charge in [-0.1, -0.05) is 37.3 Å². The Balaban J connectivity index is 2.32. The molecule has 84 valence electrons. The summed E-state index contributed by atoms with van der Waals surface area (Å²) in [5.74, 6) is -0.339. The quantitative estimate of drug-likeness (QED) is 0.737. The van der Waals surface area contributed by atoms with E-state index >= 15 is 0 Å². The SMILES string of the molecule is C[C@@H](c1ccccc1)[C@]1(C)NC(=O)NC1=O. The van der Waals surface area contributed by atoms with Gasteiger partial charge in [-0.05, 0) is 12.5 Å². The molecule has 3 amide bonds. The lowest BCUT2D eigenvalue weighted by Gasteiger charge is -2.28. The standard InChI is InChI=1S/C12H14N2O2/c1-8(9-6-4-3-5-7-9)12(2)10(15)13-11(16)14-12/h3-8H,1-2H3,(H2,13,14,15,16)/t8-,12-/m0/s1. The van der Waals surface area contributed by atoms with Crippen molar-refractivity contribution in [2.24, 2.45) is 0 Å². The molecule has 0 saturated carbocycles. The van der Waals surface area contributed by atoms with Crippen LogP contribution in [0.1, 0.15) is 25.3 Å². The molecule has 1 heterocycles. The van der Waals surface area contributed by atoms with Crippen molar-refractivity contribution in [2.45, 2.75) is 25.3 Å². The molecule has 1 aromatic carbocycles. The molecule has 16 heavy (non-hydrogen) atoms. The van der Waals surface area contributed by atoms with E-state index in [1.165, 1.54) is 0 Å². The minimum Gasteiger partial charge on any atom is -0.323 e. The Morgan fingerprint density at radius 3 is 2.31 bits per heavy atom. The van der Waals surface area contributed by atoms with Crippen LogP contribution in [0.15, 0.2) is 30.3 Å². The maximum atomic E-state index is 11.7. The van der Waals surface area contributed by atoms with Crippen LogP contribution < -0.4 is 10.6 Å². The Morgan fingerprint density at radius 2 is 1.81 bits per heavy atom. The normalized spacial score (nSPS) is 26.1. The van der Waals surface area contributed by atoms with Crippen LogP contribution in [0.2, 0.25) is 0 Å². The van der Waals surface area contributed by atoms with Crippen molar-refractivity contribution in [2.75, 3.05) is 0 Å². The van der Waals surface area contributed by atoms with E-state index in [9.17, 15) is 9.59 Å². The zero-order valence-electron chi connectivity index (χ0n) is 9.28. The summed E-state index contributed by atoms with van der Waals surface area (Å²) >= 11 is 0. The number of rotatable bonds is 2. The lowest BCUT2D eigenvalue weighted by molar-refractivity contribution is -0.124. The van der Waals surface area contributed by atoms with Gasteiger partial charge in [0.05, 0.1) is 0 Å². The molecule has 2 rings (SSSR count). The second-order valence-electron chi connectivity index (χ2n) is 4.24. The summed E-state index contributed by atoms with van der Waals surface area (Å²) in [5.41, 5.74) is 0.167. The van der Waals surface area contributed by atoms with Crippen molar-refractivity contribution in [3.63, 3.8) is 0 Å². The molecule has 0 bridgehead atoms. The molecular weight excluding hydrogens is 204 g/mol. The molecule has 0 radical (unpaired) electrons. The van der Waals surface area contributed by atoms with Crippen molar-refractivity contribution in [3.8, 4) is 0 Å². The molecule has 0 aromatic heterocycles. The average molecular weight is 218 g/mol. The fourth-order valence-electron chi connectivity index (χ4n) is 1.94. The van der Waals surface area contributed by atoms with Gasteiger partial charge < -0.3 is 5.32 Å². The van der Waals surface area contributed by atoms with Gasteiger partial charge in [0.1, 0.15) is 5.54 Å². The van der Waals surface area contributed by atoms with Crippen LogP contribution in [0.25, 0.3) is 0 Å². The Morgan fingerprint density at radius 1 is 1.19 bits per heavy atom. The molecule has 1 aliphatic heterocycles. The Bertz CT molecular complexity index is 430. The van der Waals surface area contributed by atoms with Gasteiger partial charge in [-0.3, -0.25) is 10.1 Å². The Labute approximate surface area is 94.0 Å². The summed E-state index contributed by atoms with van der Waals surface area (Å²) in [6, 6.07) is 9.25. The van der Waals surface area contributed by atoms with Gasteiger partial charge in [-0.15, -0.1) is 0 Å². The highest BCUT2D eigenvalue weighted by Crippen LogP contribution is 2.29. The van der Waals surface area contributed by atoms with E-state index < -0.39 is 11.6 Å². The first-order valence-corrected chi connectivity index (χ1v) is 5.22. The minimum absolute atomic E-state index is 0.0693. The second kappa shape index (κ2) is 3.63. The molecule has 0 unspecified atom stereocenters. The molecular formula is C12H14N2O2. The van der Waals surface area contributed by atoms with Crippen LogP contribution in [-0.4, -0.2) is 17.5 Å². The van der Waals surface area contributed by atoms with Gasteiger partial charge in [-0.25, -0.2) is 4.79 Å². The molecule has 1 saturated heterocycles. The zero-order valence-corrected chi connectivity index (χ0v) is 9.28. The Kier molecular flexibility index (Phi) is 2.42. The number of nitrogens with one attached hydrogen (secondary N) is 2. The maximum absolute atomic E-state index is 11.7. The number of hydrogen-bond donors (Lipinski definition) is 2. The number of benzene rings is 1. The predicted octanol–water partition coefficient (Wildman–Crippen LogP) is 1.39. The number of urea groups is 1. The van der Waals surface area contributed by atoms with Gasteiger partial charge in [-0.2, -0.15) is 0 Å². The van der Waals surface area contributed by atoms with Crippen LogP contribution in [0.3, 0.4) is 0 Å². The maximum Gasteiger partial charge on any atom is 0.322 e. The number of amides is 3. The van der Waals surface area contributed by atoms with Crippen molar-refractivity contribution in [1.82, 2.24) is 10.6 Å². The average Bonchev–Trinajstić information content (AvgIpc) is 2.54. The molecule has 4 nitrogen and oxygen atoms in total. The summed E-state index contributed by atoms with van der Waals surface area (Å²) in [7, 11) is 0. The fourth-order valence-corrected chi connectivity index (χ4v) is 1.94. The highest BCUT2D eigenvalue weighted by atomic mass is 16.2. The predicted molar refractivity (Wildman–Crippen MR) is 59.9 cm³/mol. The third-order valence-electron chi connectivity index (χ3n) is 3.24. The van der Waals surface area contributed by atoms with E-state index in [2.05, 4.69) is 10.6 Å². The van der Waals surface area contributed by atoms with Crippen LogP contribution >= 0.6 is 0 Å². The van der Waals surface area contributed by atoms with E-state index in [1.807, 2.05) is 37.3 Å². The monoisotopic (exact) mass is 218 g/mol. The third kappa shape index (κ3) is 1.56. The van der Waals surface area contributed by atoms with Crippen LogP contribution in [0.4, 0.5) is 4.79 Å². The van der Waals surface area contributed by atoms with E-state index in [-0.39, 0.29) is 11.8 Å². The minimum atomic E-state index is -0.863. The fraction of sp³-hybridized carbons (Fsp3) is 0.333. The van der Waals surface area contributed by atoms with Crippen LogP contribution in [0, 0.1) is 0 Å². The largest absolute Gasteiger partial charge is 0.323 e. The Hall–Kier alpha value is -1.84. The van der Waals surface area contributed by atoms with Gasteiger partial charge in [0, 0.05) is 5.92 Å². The highest BCUT2D eigenvalue weighted by Gasteiger charge is 2.46. The highest BCUT2D eigenvalue weighted by molar-refractivity contribution is 6.07. The lowest BCUT2D eigenvalue weighted by Crippen LogP contribution is -2.48. The van der Waals surface area contributed by atoms with Crippen molar-refractivity contribution >= 4 is 11.9 Å². The summed E-state index contributed by atoms with van der Waals surface area (Å²) in [4.78, 5) is 22.9. The molecule has 0 aliphatic carbocycles. The molecule has 1 aliphatic rings. The number of carbonyl (C=O) groups is 2. The van der Waals surface area contributed by atoms with Crippen molar-refractivity contribution in [1.29, 1.82) is 0 Å². The van der Waals surface area contributed by atoms with Gasteiger partial charge in [0.25, 0.3) is 5.91 Å². The van der Waals surface area contributed by atoms with E-state index in [0.29, 0.717) is 0 Å². The van der Waals surface area contributed by atoms with Crippen molar-refractivity contribution in [3.05, 3.63) is 35.9 Å². The first-order chi connectivity index (χ1) is 7.54. The first kappa shape index (κ1) is 10.7. The molecule has 1 aromatic rings. The van der Waals surface area contributed by atoms with Crippen LogP contribution in [-0.2, 0) is 4.79 Å². The molecule has 1 fully saturated rings. The van der Waals surface area contributed by atoms with E-state index in [1.54, 1.807) is 6.92 Å². The smallest absolute Gasteiger partial charge is 0.322 e. The van der Waals surface area contributed by atoms with Crippen LogP contribution in [0.5, 0.6) is 0 Å². The molecule has 2 N–H and O–H groups in total. The molecule has 0 spiro atoms. The first-order valence-electron chi connectivity index (χ1n) is 5.22. The van der Waals surface area contributed by atoms with E-state index in [4.69, 9.17) is 0 Å². The van der Waals surface area contributed by atoms with E-state index in [0.717, 1.165) is 5.56 Å². The van der Waals surface area contributed by atoms with Crippen molar-refractivity contribution < 1.29 is 9.59 Å². The number of hydrogen-bond acceptors (Lipinski definition) is 2. The number of carbonyl (C=O) groups excluding carboxylic acids is 2. The van der Waals surface area contributed by atoms with Gasteiger partial charge in [0.15, 0.2) is 0 Å².